The van der Waals surface area contributed by atoms with E-state index in [1.54, 1.807) is 11.3 Å². The van der Waals surface area contributed by atoms with Gasteiger partial charge in [-0.15, -0.1) is 11.3 Å². The first-order valence-corrected chi connectivity index (χ1v) is 5.31. The molecule has 0 amide bonds. The smallest absolute Gasteiger partial charge is 0.124 e. The Morgan fingerprint density at radius 1 is 1.23 bits per heavy atom. The molecular weight excluding hydrogens is 178 g/mol. The number of hydrogen-bond donors (Lipinski definition) is 0. The fraction of sp³-hybridized carbons (Fsp3) is 0.182. The highest BCUT2D eigenvalue weighted by atomic mass is 32.1. The van der Waals surface area contributed by atoms with Crippen molar-refractivity contribution in [3.05, 3.63) is 28.1 Å². The lowest BCUT2D eigenvalue weighted by molar-refractivity contribution is 1.13. The molecular formula is C11H9NS. The van der Waals surface area contributed by atoms with Crippen LogP contribution in [0.15, 0.2) is 18.3 Å². The lowest BCUT2D eigenvalue weighted by Gasteiger charge is -1.92. The molecule has 0 saturated heterocycles. The van der Waals surface area contributed by atoms with Crippen molar-refractivity contribution < 1.29 is 0 Å². The van der Waals surface area contributed by atoms with Gasteiger partial charge < -0.3 is 0 Å². The zero-order chi connectivity index (χ0) is 8.67. The number of thiophene rings is 1. The first-order chi connectivity index (χ1) is 6.45. The van der Waals surface area contributed by atoms with Gasteiger partial charge in [0.25, 0.3) is 0 Å². The van der Waals surface area contributed by atoms with Crippen LogP contribution in [0.5, 0.6) is 0 Å². The highest BCUT2D eigenvalue weighted by molar-refractivity contribution is 7.16. The lowest BCUT2D eigenvalue weighted by Crippen LogP contribution is -2.20. The van der Waals surface area contributed by atoms with Gasteiger partial charge in [-0.1, -0.05) is 12.2 Å². The third-order valence-electron chi connectivity index (χ3n) is 2.38. The van der Waals surface area contributed by atoms with Crippen molar-refractivity contribution in [3.63, 3.8) is 0 Å². The van der Waals surface area contributed by atoms with E-state index in [4.69, 9.17) is 0 Å². The zero-order valence-corrected chi connectivity index (χ0v) is 7.97. The van der Waals surface area contributed by atoms with Gasteiger partial charge in [0, 0.05) is 16.1 Å². The van der Waals surface area contributed by atoms with E-state index in [1.807, 2.05) is 12.3 Å². The van der Waals surface area contributed by atoms with E-state index in [0.29, 0.717) is 0 Å². The predicted octanol–water partition coefficient (Wildman–Crippen LogP) is 1.65. The molecule has 0 aliphatic heterocycles. The van der Waals surface area contributed by atoms with Crippen molar-refractivity contribution in [2.45, 2.75) is 12.8 Å². The van der Waals surface area contributed by atoms with Crippen LogP contribution in [-0.2, 0) is 0 Å². The minimum Gasteiger partial charge on any atom is -0.245 e. The quantitative estimate of drug-likeness (QED) is 0.611. The summed E-state index contributed by atoms with van der Waals surface area (Å²) in [6, 6.07) is 4.17. The van der Waals surface area contributed by atoms with E-state index in [-0.39, 0.29) is 0 Å². The van der Waals surface area contributed by atoms with Crippen LogP contribution in [-0.4, -0.2) is 4.98 Å². The third kappa shape index (κ3) is 1.02. The van der Waals surface area contributed by atoms with Gasteiger partial charge in [-0.2, -0.15) is 0 Å². The van der Waals surface area contributed by atoms with Gasteiger partial charge in [-0.25, -0.2) is 4.98 Å². The van der Waals surface area contributed by atoms with Crippen molar-refractivity contribution in [2.24, 2.45) is 0 Å². The van der Waals surface area contributed by atoms with Crippen molar-refractivity contribution in [3.8, 4) is 0 Å². The maximum atomic E-state index is 4.36. The Morgan fingerprint density at radius 2 is 2.15 bits per heavy atom. The summed E-state index contributed by atoms with van der Waals surface area (Å²) in [5.74, 6) is 0. The van der Waals surface area contributed by atoms with Gasteiger partial charge in [-0.05, 0) is 30.2 Å². The summed E-state index contributed by atoms with van der Waals surface area (Å²) < 4.78 is 1.40. The Morgan fingerprint density at radius 3 is 3.15 bits per heavy atom. The summed E-state index contributed by atoms with van der Waals surface area (Å²) in [5.41, 5.74) is 0. The fourth-order valence-corrected chi connectivity index (χ4v) is 2.89. The van der Waals surface area contributed by atoms with Crippen LogP contribution in [0.3, 0.4) is 0 Å². The second kappa shape index (κ2) is 2.67. The monoisotopic (exact) mass is 187 g/mol. The summed E-state index contributed by atoms with van der Waals surface area (Å²) in [6.45, 7) is 0. The second-order valence-electron chi connectivity index (χ2n) is 3.22. The molecule has 0 saturated carbocycles. The molecule has 64 valence electrons. The number of pyridine rings is 1. The van der Waals surface area contributed by atoms with Gasteiger partial charge in [0.2, 0.25) is 0 Å². The highest BCUT2D eigenvalue weighted by Gasteiger charge is 2.02. The molecule has 2 heteroatoms. The molecule has 0 fully saturated rings. The molecule has 3 rings (SSSR count). The molecule has 0 aromatic carbocycles. The Balaban J connectivity index is 2.63. The van der Waals surface area contributed by atoms with Crippen LogP contribution in [0.2, 0.25) is 0 Å². The normalized spacial score (nSPS) is 14.8. The van der Waals surface area contributed by atoms with Gasteiger partial charge >= 0.3 is 0 Å². The molecule has 0 spiro atoms. The second-order valence-corrected chi connectivity index (χ2v) is 4.25. The summed E-state index contributed by atoms with van der Waals surface area (Å²) >= 11 is 1.80. The van der Waals surface area contributed by atoms with Gasteiger partial charge in [0.15, 0.2) is 0 Å². The van der Waals surface area contributed by atoms with Crippen molar-refractivity contribution in [1.29, 1.82) is 0 Å². The standard InChI is InChI=1S/C11H9NS/c1-2-6-10-8(4-1)9-5-3-7-12-11(9)13-10/h3-7H,1-2H2. The zero-order valence-electron chi connectivity index (χ0n) is 7.16. The average molecular weight is 187 g/mol. The van der Waals surface area contributed by atoms with Crippen LogP contribution < -0.4 is 9.75 Å². The topological polar surface area (TPSA) is 12.9 Å². The number of rotatable bonds is 0. The Kier molecular flexibility index (Phi) is 1.49. The number of aromatic nitrogens is 1. The van der Waals surface area contributed by atoms with Crippen LogP contribution >= 0.6 is 11.3 Å². The molecule has 0 bridgehead atoms. The van der Waals surface area contributed by atoms with Crippen LogP contribution in [0, 0.1) is 0 Å². The maximum absolute atomic E-state index is 4.36. The fourth-order valence-electron chi connectivity index (χ4n) is 1.77. The van der Waals surface area contributed by atoms with E-state index < -0.39 is 0 Å². The first kappa shape index (κ1) is 7.27. The Hall–Kier alpha value is -1.15. The van der Waals surface area contributed by atoms with Gasteiger partial charge in [-0.3, -0.25) is 0 Å². The molecule has 0 N–H and O–H groups in total. The van der Waals surface area contributed by atoms with E-state index in [0.717, 1.165) is 0 Å². The molecule has 1 nitrogen and oxygen atoms in total. The minimum absolute atomic E-state index is 1.17. The molecule has 2 aromatic rings. The Bertz CT molecular complexity index is 565. The summed E-state index contributed by atoms with van der Waals surface area (Å²) in [7, 11) is 0. The molecule has 2 aromatic heterocycles. The number of hydrogen-bond acceptors (Lipinski definition) is 2. The van der Waals surface area contributed by atoms with Crippen LogP contribution in [0.25, 0.3) is 22.4 Å². The van der Waals surface area contributed by atoms with E-state index >= 15 is 0 Å². The molecule has 2 heterocycles. The molecule has 0 atom stereocenters. The maximum Gasteiger partial charge on any atom is 0.124 e. The highest BCUT2D eigenvalue weighted by Crippen LogP contribution is 2.10. The van der Waals surface area contributed by atoms with Gasteiger partial charge in [0.1, 0.15) is 4.83 Å². The summed E-state index contributed by atoms with van der Waals surface area (Å²) in [5, 5.41) is 2.72. The minimum atomic E-state index is 1.17. The first-order valence-electron chi connectivity index (χ1n) is 4.49. The molecule has 1 aliphatic rings. The van der Waals surface area contributed by atoms with Crippen LogP contribution in [0.4, 0.5) is 0 Å². The largest absolute Gasteiger partial charge is 0.245 e. The summed E-state index contributed by atoms with van der Waals surface area (Å²) in [4.78, 5) is 5.53. The van der Waals surface area contributed by atoms with Crippen molar-refractivity contribution in [1.82, 2.24) is 4.98 Å². The van der Waals surface area contributed by atoms with Crippen LogP contribution in [0.1, 0.15) is 12.8 Å². The van der Waals surface area contributed by atoms with E-state index in [1.165, 1.54) is 32.8 Å². The summed E-state index contributed by atoms with van der Waals surface area (Å²) in [6.07, 6.45) is 8.87. The van der Waals surface area contributed by atoms with E-state index in [2.05, 4.69) is 23.2 Å². The predicted molar refractivity (Wildman–Crippen MR) is 57.0 cm³/mol. The lowest BCUT2D eigenvalue weighted by atomic mass is 10.1. The number of nitrogens with zero attached hydrogens (tertiary/aromatic N) is 1. The third-order valence-corrected chi connectivity index (χ3v) is 3.50. The number of fused-ring (bicyclic) bond motifs is 3. The van der Waals surface area contributed by atoms with Crippen molar-refractivity contribution >= 4 is 33.7 Å². The SMILES string of the molecule is C1=c2sc3ncccc3c2=CCC1. The average Bonchev–Trinajstić information content (AvgIpc) is 2.56. The molecule has 0 unspecified atom stereocenters. The molecule has 1 aliphatic carbocycles. The molecule has 13 heavy (non-hydrogen) atoms. The Labute approximate surface area is 80.0 Å². The van der Waals surface area contributed by atoms with Crippen molar-refractivity contribution in [2.75, 3.05) is 0 Å². The van der Waals surface area contributed by atoms with E-state index in [9.17, 15) is 0 Å². The van der Waals surface area contributed by atoms with Gasteiger partial charge in [0.05, 0.1) is 0 Å². The molecule has 0 radical (unpaired) electrons.